The number of halogens is 1. The first kappa shape index (κ1) is 35.3. The van der Waals surface area contributed by atoms with Gasteiger partial charge < -0.3 is 29.7 Å². The Balaban J connectivity index is 1.44. The zero-order valence-electron chi connectivity index (χ0n) is 27.1. The Kier molecular flexibility index (Phi) is 11.7. The Morgan fingerprint density at radius 3 is 2.54 bits per heavy atom. The summed E-state index contributed by atoms with van der Waals surface area (Å²) < 4.78 is 12.2. The van der Waals surface area contributed by atoms with E-state index in [1.807, 2.05) is 30.3 Å². The minimum absolute atomic E-state index is 0.0335. The molecule has 3 saturated heterocycles. The van der Waals surface area contributed by atoms with Crippen LogP contribution < -0.4 is 10.2 Å². The molecule has 10 nitrogen and oxygen atoms in total. The molecule has 3 amide bonds. The molecule has 256 valence electrons. The lowest BCUT2D eigenvalue weighted by atomic mass is 9.70. The number of amides is 3. The number of fused-ring (bicyclic) bond motifs is 1. The highest BCUT2D eigenvalue weighted by molar-refractivity contribution is 6.30. The summed E-state index contributed by atoms with van der Waals surface area (Å²) in [6.45, 7) is 7.93. The number of unbranched alkanes of at least 4 members (excludes halogenated alkanes) is 2. The lowest BCUT2D eigenvalue weighted by Gasteiger charge is -2.37. The molecule has 0 radical (unpaired) electrons. The number of allylic oxidation sites excluding steroid dienone is 1. The number of nitrogens with one attached hydrogen (secondary N) is 1. The molecule has 1 spiro atoms. The van der Waals surface area contributed by atoms with E-state index in [0.29, 0.717) is 49.2 Å². The highest BCUT2D eigenvalue weighted by Gasteiger charge is 2.74. The Hall–Kier alpha value is -3.99. The zero-order chi connectivity index (χ0) is 34.3. The number of aliphatic hydroxyl groups excluding tert-OH is 1. The maximum Gasteiger partial charge on any atom is 0.306 e. The molecule has 3 aliphatic rings. The van der Waals surface area contributed by atoms with Gasteiger partial charge in [-0.15, -0.1) is 13.2 Å². The second kappa shape index (κ2) is 15.9. The molecule has 3 aliphatic heterocycles. The number of nitrogens with zero attached hydrogens (tertiary/aromatic N) is 2. The number of esters is 1. The number of carbonyl (C=O) groups is 4. The fraction of sp³-hybridized carbons (Fsp3) is 0.459. The van der Waals surface area contributed by atoms with Gasteiger partial charge in [0.1, 0.15) is 18.2 Å². The van der Waals surface area contributed by atoms with E-state index in [9.17, 15) is 24.3 Å². The van der Waals surface area contributed by atoms with Gasteiger partial charge in [0.25, 0.3) is 5.91 Å². The van der Waals surface area contributed by atoms with Crippen molar-refractivity contribution in [3.63, 3.8) is 0 Å². The number of benzene rings is 2. The van der Waals surface area contributed by atoms with Gasteiger partial charge in [-0.3, -0.25) is 19.2 Å². The molecule has 11 heteroatoms. The maximum atomic E-state index is 14.6. The van der Waals surface area contributed by atoms with E-state index in [4.69, 9.17) is 21.1 Å². The van der Waals surface area contributed by atoms with Crippen molar-refractivity contribution in [2.75, 3.05) is 31.2 Å². The molecular formula is C37H44ClN3O7. The summed E-state index contributed by atoms with van der Waals surface area (Å²) in [5, 5.41) is 12.9. The summed E-state index contributed by atoms with van der Waals surface area (Å²) in [6.07, 6.45) is 6.16. The number of hydrogen-bond donors (Lipinski definition) is 2. The molecule has 5 rings (SSSR count). The Morgan fingerprint density at radius 2 is 1.85 bits per heavy atom. The number of anilines is 1. The monoisotopic (exact) mass is 677 g/mol. The third kappa shape index (κ3) is 7.21. The fourth-order valence-electron chi connectivity index (χ4n) is 7.41. The number of aliphatic hydroxyl groups is 1. The van der Waals surface area contributed by atoms with E-state index in [0.717, 1.165) is 5.56 Å². The zero-order valence-corrected chi connectivity index (χ0v) is 27.9. The van der Waals surface area contributed by atoms with Gasteiger partial charge in [0.15, 0.2) is 0 Å². The number of likely N-dealkylation sites (tertiary alicyclic amines) is 1. The smallest absolute Gasteiger partial charge is 0.306 e. The van der Waals surface area contributed by atoms with Crippen LogP contribution >= 0.6 is 11.6 Å². The standard InChI is InChI=1S/C37H44ClN3O7/c1-3-5-14-30(43)47-24-28(25-12-8-6-9-13-25)39-34(44)31-29-19-20-37(48-29)32(31)35(45)41(22-10-7-11-23-42)33(37)36(46)40(21-4-2)27-17-15-26(38)16-18-27/h3-4,6,8-9,12-13,15-18,28-29,31-33,42H,1-2,5,7,10-11,14,19-24H2,(H,39,44)/t28-,29-,31+,32+,33-,37+/m1/s1. The Labute approximate surface area is 286 Å². The molecule has 0 aliphatic carbocycles. The minimum Gasteiger partial charge on any atom is -0.463 e. The molecule has 3 heterocycles. The van der Waals surface area contributed by atoms with Gasteiger partial charge in [-0.05, 0) is 68.4 Å². The molecule has 0 unspecified atom stereocenters. The predicted octanol–water partition coefficient (Wildman–Crippen LogP) is 4.76. The van der Waals surface area contributed by atoms with Gasteiger partial charge in [-0.2, -0.15) is 0 Å². The van der Waals surface area contributed by atoms with Crippen molar-refractivity contribution < 1.29 is 33.8 Å². The van der Waals surface area contributed by atoms with Crippen LogP contribution in [-0.4, -0.2) is 77.7 Å². The van der Waals surface area contributed by atoms with E-state index < -0.39 is 41.6 Å². The Morgan fingerprint density at radius 1 is 1.10 bits per heavy atom. The van der Waals surface area contributed by atoms with E-state index in [-0.39, 0.29) is 50.4 Å². The number of ether oxygens (including phenoxy) is 2. The fourth-order valence-corrected chi connectivity index (χ4v) is 7.53. The largest absolute Gasteiger partial charge is 0.463 e. The summed E-state index contributed by atoms with van der Waals surface area (Å²) in [5.74, 6) is -3.10. The van der Waals surface area contributed by atoms with Crippen molar-refractivity contribution in [1.29, 1.82) is 0 Å². The molecular weight excluding hydrogens is 634 g/mol. The summed E-state index contributed by atoms with van der Waals surface area (Å²) in [4.78, 5) is 58.8. The molecule has 2 aromatic carbocycles. The van der Waals surface area contributed by atoms with E-state index in [1.54, 1.807) is 46.2 Å². The third-order valence-electron chi connectivity index (χ3n) is 9.59. The van der Waals surface area contributed by atoms with Crippen LogP contribution in [0, 0.1) is 11.8 Å². The molecule has 0 saturated carbocycles. The van der Waals surface area contributed by atoms with Gasteiger partial charge in [0, 0.05) is 36.8 Å². The molecule has 48 heavy (non-hydrogen) atoms. The molecule has 2 aromatic rings. The van der Waals surface area contributed by atoms with Gasteiger partial charge >= 0.3 is 5.97 Å². The number of hydrogen-bond acceptors (Lipinski definition) is 7. The van der Waals surface area contributed by atoms with Crippen LogP contribution in [0.5, 0.6) is 0 Å². The molecule has 2 bridgehead atoms. The van der Waals surface area contributed by atoms with Crippen molar-refractivity contribution in [1.82, 2.24) is 10.2 Å². The summed E-state index contributed by atoms with van der Waals surface area (Å²) in [6, 6.07) is 14.5. The second-order valence-corrected chi connectivity index (χ2v) is 13.0. The lowest BCUT2D eigenvalue weighted by Crippen LogP contribution is -2.56. The van der Waals surface area contributed by atoms with Crippen molar-refractivity contribution in [3.8, 4) is 0 Å². The van der Waals surface area contributed by atoms with Crippen LogP contribution in [0.4, 0.5) is 5.69 Å². The summed E-state index contributed by atoms with van der Waals surface area (Å²) in [5.41, 5.74) is 0.163. The molecule has 0 aromatic heterocycles. The van der Waals surface area contributed by atoms with Crippen LogP contribution in [-0.2, 0) is 28.7 Å². The van der Waals surface area contributed by atoms with E-state index in [2.05, 4.69) is 18.5 Å². The highest BCUT2D eigenvalue weighted by atomic mass is 35.5. The quantitative estimate of drug-likeness (QED) is 0.141. The van der Waals surface area contributed by atoms with Gasteiger partial charge in [0.05, 0.1) is 24.0 Å². The predicted molar refractivity (Wildman–Crippen MR) is 182 cm³/mol. The highest BCUT2D eigenvalue weighted by Crippen LogP contribution is 2.58. The first-order chi connectivity index (χ1) is 23.2. The minimum atomic E-state index is -1.19. The van der Waals surface area contributed by atoms with Crippen LogP contribution in [0.25, 0.3) is 0 Å². The second-order valence-electron chi connectivity index (χ2n) is 12.6. The normalized spacial score (nSPS) is 24.5. The molecule has 6 atom stereocenters. The van der Waals surface area contributed by atoms with Crippen molar-refractivity contribution in [2.24, 2.45) is 11.8 Å². The maximum absolute atomic E-state index is 14.6. The van der Waals surface area contributed by atoms with Crippen molar-refractivity contribution >= 4 is 41.0 Å². The third-order valence-corrected chi connectivity index (χ3v) is 9.84. The average molecular weight is 678 g/mol. The number of rotatable bonds is 17. The topological polar surface area (TPSA) is 125 Å². The number of carbonyl (C=O) groups excluding carboxylic acids is 4. The van der Waals surface area contributed by atoms with E-state index >= 15 is 0 Å². The summed E-state index contributed by atoms with van der Waals surface area (Å²) in [7, 11) is 0. The van der Waals surface area contributed by atoms with Crippen LogP contribution in [0.15, 0.2) is 79.9 Å². The van der Waals surface area contributed by atoms with Crippen molar-refractivity contribution in [3.05, 3.63) is 90.5 Å². The van der Waals surface area contributed by atoms with Gasteiger partial charge in [0.2, 0.25) is 11.8 Å². The van der Waals surface area contributed by atoms with E-state index in [1.165, 1.54) is 0 Å². The SMILES string of the molecule is C=CCCC(=O)OC[C@@H](NC(=O)[C@@H]1[C@H]2C(=O)N(CCCCCO)[C@H](C(=O)N(CC=C)c3ccc(Cl)cc3)[C@]23CC[C@H]1O3)c1ccccc1. The van der Waals surface area contributed by atoms with Crippen molar-refractivity contribution in [2.45, 2.75) is 68.7 Å². The van der Waals surface area contributed by atoms with Crippen LogP contribution in [0.3, 0.4) is 0 Å². The lowest BCUT2D eigenvalue weighted by molar-refractivity contribution is -0.146. The van der Waals surface area contributed by atoms with Crippen LogP contribution in [0.1, 0.15) is 56.6 Å². The molecule has 2 N–H and O–H groups in total. The Bertz CT molecular complexity index is 1490. The molecule has 3 fully saturated rings. The van der Waals surface area contributed by atoms with Gasteiger partial charge in [-0.1, -0.05) is 54.1 Å². The van der Waals surface area contributed by atoms with Gasteiger partial charge in [-0.25, -0.2) is 0 Å². The first-order valence-electron chi connectivity index (χ1n) is 16.6. The summed E-state index contributed by atoms with van der Waals surface area (Å²) >= 11 is 6.14. The first-order valence-corrected chi connectivity index (χ1v) is 17.0. The average Bonchev–Trinajstić information content (AvgIpc) is 3.74. The van der Waals surface area contributed by atoms with Crippen LogP contribution in [0.2, 0.25) is 5.02 Å².